The summed E-state index contributed by atoms with van der Waals surface area (Å²) in [6.45, 7) is 0.391. The molecule has 1 heterocycles. The third-order valence-corrected chi connectivity index (χ3v) is 3.27. The molecule has 5 heteroatoms. The zero-order valence-electron chi connectivity index (χ0n) is 9.35. The molecule has 1 aliphatic rings. The van der Waals surface area contributed by atoms with Gasteiger partial charge in [-0.25, -0.2) is 0 Å². The number of nitrogens with zero attached hydrogens (tertiary/aromatic N) is 1. The predicted octanol–water partition coefficient (Wildman–Crippen LogP) is 1.97. The largest absolute Gasteiger partial charge is 0.469 e. The number of methoxy groups -OCH3 is 1. The van der Waals surface area contributed by atoms with Gasteiger partial charge in [-0.3, -0.25) is 9.59 Å². The third kappa shape index (κ3) is 2.49. The van der Waals surface area contributed by atoms with Crippen molar-refractivity contribution in [1.82, 2.24) is 0 Å². The van der Waals surface area contributed by atoms with E-state index in [1.165, 1.54) is 7.11 Å². The Morgan fingerprint density at radius 3 is 2.94 bits per heavy atom. The maximum atomic E-state index is 11.8. The van der Waals surface area contributed by atoms with Crippen LogP contribution in [0.1, 0.15) is 6.42 Å². The van der Waals surface area contributed by atoms with Gasteiger partial charge in [-0.15, -0.1) is 0 Å². The van der Waals surface area contributed by atoms with Crippen LogP contribution < -0.4 is 4.90 Å². The smallest absolute Gasteiger partial charge is 0.311 e. The van der Waals surface area contributed by atoms with Gasteiger partial charge in [0.1, 0.15) is 0 Å². The van der Waals surface area contributed by atoms with E-state index >= 15 is 0 Å². The van der Waals surface area contributed by atoms with Gasteiger partial charge in [0.05, 0.1) is 13.0 Å². The summed E-state index contributed by atoms with van der Waals surface area (Å²) in [4.78, 5) is 24.8. The molecule has 4 nitrogen and oxygen atoms in total. The Bertz CT molecular complexity index is 461. The molecule has 0 aliphatic carbocycles. The Morgan fingerprint density at radius 2 is 2.29 bits per heavy atom. The van der Waals surface area contributed by atoms with Crippen molar-refractivity contribution < 1.29 is 14.3 Å². The van der Waals surface area contributed by atoms with E-state index in [1.54, 1.807) is 4.90 Å². The number of hydrogen-bond donors (Lipinski definition) is 0. The first-order chi connectivity index (χ1) is 8.11. The van der Waals surface area contributed by atoms with Crippen LogP contribution >= 0.6 is 15.9 Å². The minimum absolute atomic E-state index is 0.0431. The summed E-state index contributed by atoms with van der Waals surface area (Å²) in [6, 6.07) is 7.46. The van der Waals surface area contributed by atoms with E-state index in [2.05, 4.69) is 20.7 Å². The highest BCUT2D eigenvalue weighted by atomic mass is 79.9. The molecule has 0 radical (unpaired) electrons. The fourth-order valence-corrected chi connectivity index (χ4v) is 2.31. The molecule has 17 heavy (non-hydrogen) atoms. The topological polar surface area (TPSA) is 46.6 Å². The highest BCUT2D eigenvalue weighted by Crippen LogP contribution is 2.27. The number of carbonyl (C=O) groups excluding carboxylic acids is 2. The minimum Gasteiger partial charge on any atom is -0.469 e. The minimum atomic E-state index is -0.355. The molecule has 1 atom stereocenters. The van der Waals surface area contributed by atoms with E-state index in [0.29, 0.717) is 6.54 Å². The second kappa shape index (κ2) is 4.87. The SMILES string of the molecule is COC(=O)C1CC(=O)N(c2cccc(Br)c2)C1. The lowest BCUT2D eigenvalue weighted by molar-refractivity contribution is -0.145. The van der Waals surface area contributed by atoms with E-state index in [4.69, 9.17) is 0 Å². The van der Waals surface area contributed by atoms with Crippen molar-refractivity contribution in [3.05, 3.63) is 28.7 Å². The van der Waals surface area contributed by atoms with Crippen LogP contribution in [0.15, 0.2) is 28.7 Å². The molecule has 2 rings (SSSR count). The van der Waals surface area contributed by atoms with E-state index in [1.807, 2.05) is 24.3 Å². The van der Waals surface area contributed by atoms with Crippen LogP contribution in [-0.2, 0) is 14.3 Å². The van der Waals surface area contributed by atoms with Gasteiger partial charge >= 0.3 is 5.97 Å². The molecule has 0 aromatic heterocycles. The average Bonchev–Trinajstić information content (AvgIpc) is 2.70. The van der Waals surface area contributed by atoms with Crippen molar-refractivity contribution in [2.75, 3.05) is 18.6 Å². The fourth-order valence-electron chi connectivity index (χ4n) is 1.93. The van der Waals surface area contributed by atoms with Crippen molar-refractivity contribution >= 4 is 33.5 Å². The number of amides is 1. The Hall–Kier alpha value is -1.36. The van der Waals surface area contributed by atoms with E-state index in [9.17, 15) is 9.59 Å². The number of ether oxygens (including phenoxy) is 1. The first kappa shape index (κ1) is 12.1. The lowest BCUT2D eigenvalue weighted by atomic mass is 10.1. The lowest BCUT2D eigenvalue weighted by Gasteiger charge is -2.16. The maximum absolute atomic E-state index is 11.8. The number of halogens is 1. The summed E-state index contributed by atoms with van der Waals surface area (Å²) in [7, 11) is 1.34. The number of carbonyl (C=O) groups is 2. The highest BCUT2D eigenvalue weighted by molar-refractivity contribution is 9.10. The Balaban J connectivity index is 2.18. The van der Waals surface area contributed by atoms with Gasteiger partial charge in [0, 0.05) is 23.1 Å². The quantitative estimate of drug-likeness (QED) is 0.784. The number of benzene rings is 1. The van der Waals surface area contributed by atoms with Gasteiger partial charge < -0.3 is 9.64 Å². The van der Waals surface area contributed by atoms with E-state index in [0.717, 1.165) is 10.2 Å². The molecule has 0 N–H and O–H groups in total. The summed E-state index contributed by atoms with van der Waals surface area (Å²) in [5, 5.41) is 0. The molecule has 0 bridgehead atoms. The summed E-state index contributed by atoms with van der Waals surface area (Å²) in [5.74, 6) is -0.721. The molecule has 1 aromatic carbocycles. The van der Waals surface area contributed by atoms with Gasteiger partial charge in [-0.2, -0.15) is 0 Å². The van der Waals surface area contributed by atoms with Crippen molar-refractivity contribution in [2.24, 2.45) is 5.92 Å². The molecule has 1 unspecified atom stereocenters. The van der Waals surface area contributed by atoms with Gasteiger partial charge in [-0.05, 0) is 18.2 Å². The van der Waals surface area contributed by atoms with Crippen molar-refractivity contribution in [1.29, 1.82) is 0 Å². The van der Waals surface area contributed by atoms with Crippen LogP contribution in [0.3, 0.4) is 0 Å². The van der Waals surface area contributed by atoms with Crippen molar-refractivity contribution in [2.45, 2.75) is 6.42 Å². The summed E-state index contributed by atoms with van der Waals surface area (Å²) in [5.41, 5.74) is 0.802. The summed E-state index contributed by atoms with van der Waals surface area (Å²) < 4.78 is 5.57. The predicted molar refractivity (Wildman–Crippen MR) is 66.6 cm³/mol. The summed E-state index contributed by atoms with van der Waals surface area (Å²) in [6.07, 6.45) is 0.221. The molecule has 0 spiro atoms. The number of rotatable bonds is 2. The average molecular weight is 298 g/mol. The first-order valence-corrected chi connectivity index (χ1v) is 6.05. The number of hydrogen-bond acceptors (Lipinski definition) is 3. The maximum Gasteiger partial charge on any atom is 0.311 e. The molecule has 1 fully saturated rings. The highest BCUT2D eigenvalue weighted by Gasteiger charge is 2.35. The molecular weight excluding hydrogens is 286 g/mol. The molecule has 1 saturated heterocycles. The van der Waals surface area contributed by atoms with E-state index < -0.39 is 0 Å². The zero-order chi connectivity index (χ0) is 12.4. The third-order valence-electron chi connectivity index (χ3n) is 2.78. The molecule has 1 amide bonds. The van der Waals surface area contributed by atoms with E-state index in [-0.39, 0.29) is 24.2 Å². The Morgan fingerprint density at radius 1 is 1.53 bits per heavy atom. The van der Waals surface area contributed by atoms with Crippen molar-refractivity contribution in [3.63, 3.8) is 0 Å². The van der Waals surface area contributed by atoms with Crippen LogP contribution in [0.2, 0.25) is 0 Å². The van der Waals surface area contributed by atoms with Gasteiger partial charge in [0.15, 0.2) is 0 Å². The summed E-state index contributed by atoms with van der Waals surface area (Å²) >= 11 is 3.36. The second-order valence-corrected chi connectivity index (χ2v) is 4.82. The van der Waals surface area contributed by atoms with Gasteiger partial charge in [0.2, 0.25) is 5.91 Å². The Kier molecular flexibility index (Phi) is 3.47. The molecule has 1 aliphatic heterocycles. The molecule has 0 saturated carbocycles. The Labute approximate surface area is 108 Å². The molecule has 1 aromatic rings. The van der Waals surface area contributed by atoms with Gasteiger partial charge in [0.25, 0.3) is 0 Å². The van der Waals surface area contributed by atoms with Crippen LogP contribution in [0.5, 0.6) is 0 Å². The zero-order valence-corrected chi connectivity index (χ0v) is 10.9. The first-order valence-electron chi connectivity index (χ1n) is 5.25. The van der Waals surface area contributed by atoms with Crippen LogP contribution in [0.25, 0.3) is 0 Å². The lowest BCUT2D eigenvalue weighted by Crippen LogP contribution is -2.26. The molecular formula is C12H12BrNO3. The second-order valence-electron chi connectivity index (χ2n) is 3.91. The normalized spacial score (nSPS) is 19.5. The standard InChI is InChI=1S/C12H12BrNO3/c1-17-12(16)8-5-11(15)14(7-8)10-4-2-3-9(13)6-10/h2-4,6,8H,5,7H2,1H3. The van der Waals surface area contributed by atoms with Crippen LogP contribution in [0, 0.1) is 5.92 Å². The fraction of sp³-hybridized carbons (Fsp3) is 0.333. The van der Waals surface area contributed by atoms with Crippen molar-refractivity contribution in [3.8, 4) is 0 Å². The van der Waals surface area contributed by atoms with Crippen LogP contribution in [0.4, 0.5) is 5.69 Å². The van der Waals surface area contributed by atoms with Gasteiger partial charge in [-0.1, -0.05) is 22.0 Å². The number of anilines is 1. The van der Waals surface area contributed by atoms with Crippen LogP contribution in [-0.4, -0.2) is 25.5 Å². The monoisotopic (exact) mass is 297 g/mol. The number of esters is 1. The molecule has 90 valence electrons.